The fourth-order valence-corrected chi connectivity index (χ4v) is 2.92. The summed E-state index contributed by atoms with van der Waals surface area (Å²) in [4.78, 5) is 37.2. The van der Waals surface area contributed by atoms with Gasteiger partial charge in [-0.3, -0.25) is 9.59 Å². The van der Waals surface area contributed by atoms with E-state index >= 15 is 0 Å². The lowest BCUT2D eigenvalue weighted by molar-refractivity contribution is 0.0694. The van der Waals surface area contributed by atoms with E-state index in [1.165, 1.54) is 8.97 Å². The van der Waals surface area contributed by atoms with Gasteiger partial charge < -0.3 is 18.8 Å². The maximum absolute atomic E-state index is 13.0. The van der Waals surface area contributed by atoms with Crippen LogP contribution < -0.4 is 15.7 Å². The predicted molar refractivity (Wildman–Crippen MR) is 105 cm³/mol. The summed E-state index contributed by atoms with van der Waals surface area (Å²) in [6.07, 6.45) is 5.23. The minimum absolute atomic E-state index is 0.0386. The average molecular weight is 382 g/mol. The van der Waals surface area contributed by atoms with Gasteiger partial charge in [0, 0.05) is 25.1 Å². The maximum atomic E-state index is 13.0. The highest BCUT2D eigenvalue weighted by molar-refractivity contribution is 5.88. The monoisotopic (exact) mass is 382 g/mol. The molecule has 0 aliphatic carbocycles. The van der Waals surface area contributed by atoms with Crippen LogP contribution in [0.3, 0.4) is 0 Å². The summed E-state index contributed by atoms with van der Waals surface area (Å²) in [5.41, 5.74) is -0.797. The highest BCUT2D eigenvalue weighted by atomic mass is 16.5. The van der Waals surface area contributed by atoms with Gasteiger partial charge in [0.15, 0.2) is 11.3 Å². The Bertz CT molecular complexity index is 1120. The van der Waals surface area contributed by atoms with E-state index in [9.17, 15) is 19.5 Å². The van der Waals surface area contributed by atoms with Crippen molar-refractivity contribution in [1.82, 2.24) is 8.97 Å². The number of nitrogens with zero attached hydrogens (tertiary/aromatic N) is 2. The molecule has 0 aliphatic heterocycles. The minimum atomic E-state index is -1.37. The van der Waals surface area contributed by atoms with Gasteiger partial charge in [0.1, 0.15) is 12.2 Å². The molecular weight excluding hydrogens is 360 g/mol. The van der Waals surface area contributed by atoms with Gasteiger partial charge in [-0.05, 0) is 11.5 Å². The summed E-state index contributed by atoms with van der Waals surface area (Å²) < 4.78 is 8.56. The Balaban J connectivity index is 2.17. The van der Waals surface area contributed by atoms with Crippen LogP contribution in [-0.4, -0.2) is 20.0 Å². The summed E-state index contributed by atoms with van der Waals surface area (Å²) in [5.74, 6) is -1.33. The van der Waals surface area contributed by atoms with Crippen molar-refractivity contribution in [3.8, 4) is 5.75 Å². The van der Waals surface area contributed by atoms with E-state index in [2.05, 4.69) is 0 Å². The molecule has 146 valence electrons. The van der Waals surface area contributed by atoms with Crippen LogP contribution in [0, 0.1) is 5.92 Å². The predicted octanol–water partition coefficient (Wildman–Crippen LogP) is 2.78. The number of aromatic carboxylic acids is 1. The van der Waals surface area contributed by atoms with Gasteiger partial charge >= 0.3 is 5.97 Å². The number of hydrogen-bond acceptors (Lipinski definition) is 4. The summed E-state index contributed by atoms with van der Waals surface area (Å²) in [6, 6.07) is 9.16. The fourth-order valence-electron chi connectivity index (χ4n) is 2.92. The number of benzene rings is 1. The zero-order valence-electron chi connectivity index (χ0n) is 15.8. The summed E-state index contributed by atoms with van der Waals surface area (Å²) in [7, 11) is 0. The summed E-state index contributed by atoms with van der Waals surface area (Å²) in [6.45, 7) is 4.62. The lowest BCUT2D eigenvalue weighted by atomic mass is 10.1. The Labute approximate surface area is 161 Å². The van der Waals surface area contributed by atoms with Crippen molar-refractivity contribution in [1.29, 1.82) is 0 Å². The molecular formula is C21H22N2O5. The number of hydrogen-bond donors (Lipinski definition) is 1. The summed E-state index contributed by atoms with van der Waals surface area (Å²) >= 11 is 0. The Morgan fingerprint density at radius 1 is 1.18 bits per heavy atom. The molecule has 1 atom stereocenters. The molecule has 0 saturated heterocycles. The molecule has 0 saturated carbocycles. The van der Waals surface area contributed by atoms with Crippen LogP contribution in [0.5, 0.6) is 5.75 Å². The highest BCUT2D eigenvalue weighted by Crippen LogP contribution is 2.16. The lowest BCUT2D eigenvalue weighted by Gasteiger charge is -2.15. The zero-order valence-corrected chi connectivity index (χ0v) is 15.8. The third kappa shape index (κ3) is 3.83. The average Bonchev–Trinajstić information content (AvgIpc) is 2.69. The van der Waals surface area contributed by atoms with Gasteiger partial charge in [0.25, 0.3) is 5.56 Å². The standard InChI is InChI=1S/C21H22N2O5/c1-3-14(2)11-23-10-9-22-12-16(21(26)27)18(24)19(17(22)20(23)25)28-13-15-7-5-4-6-8-15/h4-10,12,14H,3,11,13H2,1-2H3,(H,26,27). The molecule has 0 aliphatic rings. The van der Waals surface area contributed by atoms with Crippen LogP contribution in [0.25, 0.3) is 5.52 Å². The molecule has 1 unspecified atom stereocenters. The number of ether oxygens (including phenoxy) is 1. The zero-order chi connectivity index (χ0) is 20.3. The van der Waals surface area contributed by atoms with Gasteiger partial charge in [0.2, 0.25) is 5.43 Å². The molecule has 0 bridgehead atoms. The third-order valence-electron chi connectivity index (χ3n) is 4.72. The van der Waals surface area contributed by atoms with Gasteiger partial charge in [0.05, 0.1) is 0 Å². The fraction of sp³-hybridized carbons (Fsp3) is 0.286. The number of carboxylic acids is 1. The van der Waals surface area contributed by atoms with Crippen LogP contribution in [-0.2, 0) is 13.2 Å². The number of fused-ring (bicyclic) bond motifs is 1. The Hall–Kier alpha value is -3.35. The van der Waals surface area contributed by atoms with Crippen LogP contribution in [0.1, 0.15) is 36.2 Å². The number of carboxylic acid groups (broad SMARTS) is 1. The van der Waals surface area contributed by atoms with Crippen LogP contribution in [0.4, 0.5) is 0 Å². The van der Waals surface area contributed by atoms with Gasteiger partial charge in [-0.25, -0.2) is 4.79 Å². The van der Waals surface area contributed by atoms with Crippen molar-refractivity contribution >= 4 is 11.5 Å². The summed E-state index contributed by atoms with van der Waals surface area (Å²) in [5, 5.41) is 9.36. The van der Waals surface area contributed by atoms with Crippen LogP contribution in [0.2, 0.25) is 0 Å². The Morgan fingerprint density at radius 3 is 2.54 bits per heavy atom. The molecule has 28 heavy (non-hydrogen) atoms. The van der Waals surface area contributed by atoms with Crippen LogP contribution >= 0.6 is 0 Å². The molecule has 0 spiro atoms. The van der Waals surface area contributed by atoms with Crippen molar-refractivity contribution < 1.29 is 14.6 Å². The lowest BCUT2D eigenvalue weighted by Crippen LogP contribution is -2.28. The van der Waals surface area contributed by atoms with E-state index in [1.807, 2.05) is 44.2 Å². The number of pyridine rings is 1. The molecule has 0 fully saturated rings. The maximum Gasteiger partial charge on any atom is 0.341 e. The van der Waals surface area contributed by atoms with Crippen molar-refractivity contribution in [3.63, 3.8) is 0 Å². The molecule has 2 aromatic heterocycles. The van der Waals surface area contributed by atoms with Gasteiger partial charge in [-0.2, -0.15) is 0 Å². The van der Waals surface area contributed by atoms with Gasteiger partial charge in [-0.15, -0.1) is 0 Å². The number of aromatic nitrogens is 2. The van der Waals surface area contributed by atoms with E-state index in [1.54, 1.807) is 12.4 Å². The SMILES string of the molecule is CCC(C)Cn1ccn2cc(C(=O)O)c(=O)c(OCc3ccccc3)c2c1=O. The Morgan fingerprint density at radius 2 is 1.89 bits per heavy atom. The molecule has 2 heterocycles. The van der Waals surface area contributed by atoms with E-state index < -0.39 is 17.0 Å². The van der Waals surface area contributed by atoms with Gasteiger partial charge in [-0.1, -0.05) is 50.6 Å². The molecule has 1 N–H and O–H groups in total. The van der Waals surface area contributed by atoms with Crippen molar-refractivity contribution in [2.24, 2.45) is 5.92 Å². The van der Waals surface area contributed by atoms with Crippen molar-refractivity contribution in [2.45, 2.75) is 33.4 Å². The Kier molecular flexibility index (Phi) is 5.63. The van der Waals surface area contributed by atoms with E-state index in [4.69, 9.17) is 4.74 Å². The molecule has 3 aromatic rings. The highest BCUT2D eigenvalue weighted by Gasteiger charge is 2.20. The molecule has 7 heteroatoms. The first-order valence-electron chi connectivity index (χ1n) is 9.10. The minimum Gasteiger partial charge on any atom is -0.483 e. The number of rotatable bonds is 7. The largest absolute Gasteiger partial charge is 0.483 e. The first-order chi connectivity index (χ1) is 13.4. The molecule has 0 amide bonds. The molecule has 3 rings (SSSR count). The molecule has 0 radical (unpaired) electrons. The molecule has 7 nitrogen and oxygen atoms in total. The first kappa shape index (κ1) is 19.4. The topological polar surface area (TPSA) is 90.0 Å². The van der Waals surface area contributed by atoms with E-state index in [0.29, 0.717) is 6.54 Å². The second-order valence-corrected chi connectivity index (χ2v) is 6.81. The van der Waals surface area contributed by atoms with Crippen LogP contribution in [0.15, 0.2) is 58.5 Å². The second kappa shape index (κ2) is 8.12. The first-order valence-corrected chi connectivity index (χ1v) is 9.10. The second-order valence-electron chi connectivity index (χ2n) is 6.81. The van der Waals surface area contributed by atoms with E-state index in [-0.39, 0.29) is 29.4 Å². The molecule has 1 aromatic carbocycles. The smallest absolute Gasteiger partial charge is 0.341 e. The van der Waals surface area contributed by atoms with Crippen molar-refractivity contribution in [3.05, 3.63) is 80.6 Å². The quantitative estimate of drug-likeness (QED) is 0.679. The van der Waals surface area contributed by atoms with Crippen molar-refractivity contribution in [2.75, 3.05) is 0 Å². The van der Waals surface area contributed by atoms with E-state index in [0.717, 1.165) is 18.2 Å². The number of carbonyl (C=O) groups is 1. The normalized spacial score (nSPS) is 12.1. The third-order valence-corrected chi connectivity index (χ3v) is 4.72.